The number of carboxylic acid groups (broad SMARTS) is 1. The van der Waals surface area contributed by atoms with Crippen LogP contribution in [0.3, 0.4) is 0 Å². The highest BCUT2D eigenvalue weighted by Gasteiger charge is 2.16. The molecule has 0 aliphatic carbocycles. The van der Waals surface area contributed by atoms with Gasteiger partial charge in [0, 0.05) is 12.4 Å². The predicted molar refractivity (Wildman–Crippen MR) is 68.1 cm³/mol. The highest BCUT2D eigenvalue weighted by Crippen LogP contribution is 2.17. The zero-order valence-electron chi connectivity index (χ0n) is 10.5. The second-order valence-corrected chi connectivity index (χ2v) is 3.89. The number of carbonyl (C=O) groups is 1. The van der Waals surface area contributed by atoms with Gasteiger partial charge in [0.25, 0.3) is 5.56 Å². The number of hydrogen-bond donors (Lipinski definition) is 1. The molecule has 0 aliphatic rings. The first-order valence-corrected chi connectivity index (χ1v) is 5.51. The maximum Gasteiger partial charge on any atom is 0.341 e. The second kappa shape index (κ2) is 4.93. The maximum atomic E-state index is 12.2. The van der Waals surface area contributed by atoms with Crippen LogP contribution in [-0.2, 0) is 0 Å². The molecule has 98 valence electrons. The smallest absolute Gasteiger partial charge is 0.341 e. The number of pyridine rings is 2. The van der Waals surface area contributed by atoms with Gasteiger partial charge in [-0.05, 0) is 30.7 Å². The Morgan fingerprint density at radius 3 is 2.79 bits per heavy atom. The summed E-state index contributed by atoms with van der Waals surface area (Å²) in [6.45, 7) is 1.58. The molecule has 6 heteroatoms. The molecule has 2 aromatic heterocycles. The minimum atomic E-state index is -1.25. The Morgan fingerprint density at radius 1 is 1.42 bits per heavy atom. The van der Waals surface area contributed by atoms with Gasteiger partial charge >= 0.3 is 5.97 Å². The van der Waals surface area contributed by atoms with Crippen molar-refractivity contribution in [1.29, 1.82) is 0 Å². The van der Waals surface area contributed by atoms with E-state index in [1.165, 1.54) is 24.1 Å². The van der Waals surface area contributed by atoms with Gasteiger partial charge < -0.3 is 9.84 Å². The summed E-state index contributed by atoms with van der Waals surface area (Å²) < 4.78 is 6.28. The second-order valence-electron chi connectivity index (χ2n) is 3.89. The summed E-state index contributed by atoms with van der Waals surface area (Å²) >= 11 is 0. The van der Waals surface area contributed by atoms with E-state index < -0.39 is 11.5 Å². The fourth-order valence-corrected chi connectivity index (χ4v) is 1.80. The van der Waals surface area contributed by atoms with E-state index in [4.69, 9.17) is 9.84 Å². The van der Waals surface area contributed by atoms with E-state index in [1.807, 2.05) is 0 Å². The van der Waals surface area contributed by atoms with Crippen LogP contribution in [0.15, 0.2) is 35.4 Å². The van der Waals surface area contributed by atoms with E-state index in [0.29, 0.717) is 11.3 Å². The van der Waals surface area contributed by atoms with Crippen LogP contribution < -0.4 is 10.3 Å². The number of methoxy groups -OCH3 is 1. The van der Waals surface area contributed by atoms with Crippen LogP contribution in [0.1, 0.15) is 15.9 Å². The van der Waals surface area contributed by atoms with E-state index in [9.17, 15) is 9.59 Å². The maximum absolute atomic E-state index is 12.2. The Labute approximate surface area is 108 Å². The molecule has 2 rings (SSSR count). The molecule has 0 radical (unpaired) electrons. The fourth-order valence-electron chi connectivity index (χ4n) is 1.80. The van der Waals surface area contributed by atoms with Gasteiger partial charge in [0.15, 0.2) is 0 Å². The van der Waals surface area contributed by atoms with Crippen LogP contribution in [0, 0.1) is 6.92 Å². The summed E-state index contributed by atoms with van der Waals surface area (Å²) in [5.41, 5.74) is -0.0543. The minimum Gasteiger partial charge on any atom is -0.480 e. The summed E-state index contributed by atoms with van der Waals surface area (Å²) in [5, 5.41) is 9.08. The van der Waals surface area contributed by atoms with Crippen LogP contribution in [0.4, 0.5) is 0 Å². The van der Waals surface area contributed by atoms with Crippen LogP contribution >= 0.6 is 0 Å². The number of nitrogens with zero attached hydrogens (tertiary/aromatic N) is 2. The number of ether oxygens (including phenoxy) is 1. The van der Waals surface area contributed by atoms with E-state index in [1.54, 1.807) is 25.1 Å². The summed E-state index contributed by atoms with van der Waals surface area (Å²) in [7, 11) is 1.43. The molecule has 6 nitrogen and oxygen atoms in total. The molecular weight excluding hydrogens is 248 g/mol. The molecule has 0 fully saturated rings. The van der Waals surface area contributed by atoms with Crippen molar-refractivity contribution in [2.75, 3.05) is 7.11 Å². The van der Waals surface area contributed by atoms with Crippen molar-refractivity contribution < 1.29 is 14.6 Å². The normalized spacial score (nSPS) is 10.2. The third-order valence-corrected chi connectivity index (χ3v) is 2.72. The molecule has 0 aromatic carbocycles. The zero-order chi connectivity index (χ0) is 14.0. The Bertz CT molecular complexity index is 691. The average molecular weight is 260 g/mol. The number of rotatable bonds is 3. The molecule has 0 bridgehead atoms. The topological polar surface area (TPSA) is 81.4 Å². The summed E-state index contributed by atoms with van der Waals surface area (Å²) in [5.74, 6) is -0.996. The summed E-state index contributed by atoms with van der Waals surface area (Å²) in [4.78, 5) is 27.3. The molecule has 19 heavy (non-hydrogen) atoms. The first-order chi connectivity index (χ1) is 9.06. The van der Waals surface area contributed by atoms with E-state index in [0.717, 1.165) is 0 Å². The van der Waals surface area contributed by atoms with Gasteiger partial charge in [-0.2, -0.15) is 0 Å². The van der Waals surface area contributed by atoms with Crippen molar-refractivity contribution in [3.8, 4) is 11.6 Å². The number of aryl methyl sites for hydroxylation is 1. The molecule has 0 atom stereocenters. The fraction of sp³-hybridized carbons (Fsp3) is 0.154. The molecule has 0 saturated heterocycles. The largest absolute Gasteiger partial charge is 0.480 e. The van der Waals surface area contributed by atoms with Crippen molar-refractivity contribution in [2.45, 2.75) is 6.92 Å². The van der Waals surface area contributed by atoms with Crippen molar-refractivity contribution in [3.05, 3.63) is 52.1 Å². The molecule has 0 aliphatic heterocycles. The zero-order valence-corrected chi connectivity index (χ0v) is 10.5. The lowest BCUT2D eigenvalue weighted by Gasteiger charge is -2.11. The van der Waals surface area contributed by atoms with Crippen molar-refractivity contribution in [2.24, 2.45) is 0 Å². The van der Waals surface area contributed by atoms with Crippen molar-refractivity contribution >= 4 is 5.97 Å². The highest BCUT2D eigenvalue weighted by atomic mass is 16.5. The van der Waals surface area contributed by atoms with Crippen LogP contribution in [-0.4, -0.2) is 27.7 Å². The van der Waals surface area contributed by atoms with E-state index >= 15 is 0 Å². The average Bonchev–Trinajstić information content (AvgIpc) is 2.38. The van der Waals surface area contributed by atoms with Gasteiger partial charge in [0.2, 0.25) is 5.88 Å². The Balaban J connectivity index is 2.74. The van der Waals surface area contributed by atoms with Crippen LogP contribution in [0.2, 0.25) is 0 Å². The van der Waals surface area contributed by atoms with Gasteiger partial charge in [0.05, 0.1) is 7.11 Å². The molecule has 0 saturated carbocycles. The van der Waals surface area contributed by atoms with Gasteiger partial charge in [-0.1, -0.05) is 0 Å². The van der Waals surface area contributed by atoms with Gasteiger partial charge in [-0.15, -0.1) is 0 Å². The van der Waals surface area contributed by atoms with Crippen LogP contribution in [0.25, 0.3) is 5.69 Å². The first kappa shape index (κ1) is 12.8. The quantitative estimate of drug-likeness (QED) is 0.898. The predicted octanol–water partition coefficient (Wildman–Crippen LogP) is 1.25. The molecule has 2 aromatic rings. The minimum absolute atomic E-state index is 0.254. The third-order valence-electron chi connectivity index (χ3n) is 2.72. The van der Waals surface area contributed by atoms with E-state index in [2.05, 4.69) is 4.98 Å². The lowest BCUT2D eigenvalue weighted by molar-refractivity contribution is 0.0693. The summed E-state index contributed by atoms with van der Waals surface area (Å²) in [6, 6.07) is 4.84. The Morgan fingerprint density at radius 2 is 2.16 bits per heavy atom. The van der Waals surface area contributed by atoms with Gasteiger partial charge in [-0.25, -0.2) is 9.78 Å². The lowest BCUT2D eigenvalue weighted by atomic mass is 10.1. The van der Waals surface area contributed by atoms with Crippen molar-refractivity contribution in [3.63, 3.8) is 0 Å². The Hall–Kier alpha value is -2.63. The monoisotopic (exact) mass is 260 g/mol. The number of aromatic carboxylic acids is 1. The summed E-state index contributed by atoms with van der Waals surface area (Å²) in [6.07, 6.45) is 3.03. The standard InChI is InChI=1S/C13H12N2O4/c1-8-5-7-15(12(16)10(8)13(17)18)9-4-3-6-14-11(9)19-2/h3-7H,1-2H3,(H,17,18). The lowest BCUT2D eigenvalue weighted by Crippen LogP contribution is -2.26. The highest BCUT2D eigenvalue weighted by molar-refractivity contribution is 5.88. The van der Waals surface area contributed by atoms with Crippen molar-refractivity contribution in [1.82, 2.24) is 9.55 Å². The Kier molecular flexibility index (Phi) is 3.33. The van der Waals surface area contributed by atoms with Crippen LogP contribution in [0.5, 0.6) is 5.88 Å². The molecule has 1 N–H and O–H groups in total. The molecule has 2 heterocycles. The number of hydrogen-bond acceptors (Lipinski definition) is 4. The molecule has 0 unspecified atom stereocenters. The SMILES string of the molecule is COc1ncccc1-n1ccc(C)c(C(=O)O)c1=O. The van der Waals surface area contributed by atoms with E-state index in [-0.39, 0.29) is 11.4 Å². The number of aromatic nitrogens is 2. The van der Waals surface area contributed by atoms with Gasteiger partial charge in [-0.3, -0.25) is 9.36 Å². The molecule has 0 spiro atoms. The molecule has 0 amide bonds. The number of carboxylic acids is 1. The molecular formula is C13H12N2O4. The third kappa shape index (κ3) is 2.20. The van der Waals surface area contributed by atoms with Gasteiger partial charge in [0.1, 0.15) is 11.3 Å². The first-order valence-electron chi connectivity index (χ1n) is 5.51.